The summed E-state index contributed by atoms with van der Waals surface area (Å²) in [5, 5.41) is 30.4. The molecule has 1 aliphatic heterocycles. The van der Waals surface area contributed by atoms with Crippen LogP contribution in [0.1, 0.15) is 12.5 Å². The number of hydrazine groups is 1. The number of sulfone groups is 1. The number of benzene rings is 1. The lowest BCUT2D eigenvalue weighted by Gasteiger charge is -2.30. The van der Waals surface area contributed by atoms with Crippen molar-refractivity contribution in [1.82, 2.24) is 5.01 Å². The van der Waals surface area contributed by atoms with E-state index in [1.165, 1.54) is 18.2 Å². The number of ether oxygens (including phenoxy) is 1. The van der Waals surface area contributed by atoms with Crippen LogP contribution >= 0.6 is 15.9 Å². The Kier molecular flexibility index (Phi) is 6.26. The quantitative estimate of drug-likeness (QED) is 0.329. The zero-order chi connectivity index (χ0) is 22.1. The molecule has 12 nitrogen and oxygen atoms in total. The van der Waals surface area contributed by atoms with Gasteiger partial charge in [0.05, 0.1) is 16.6 Å². The highest BCUT2D eigenvalue weighted by molar-refractivity contribution is 9.10. The average Bonchev–Trinajstić information content (AvgIpc) is 2.60. The number of aliphatic imine (C=N–C) groups is 1. The molecule has 1 aliphatic rings. The van der Waals surface area contributed by atoms with Gasteiger partial charge in [-0.25, -0.2) is 24.3 Å². The van der Waals surface area contributed by atoms with Crippen LogP contribution in [0.25, 0.3) is 0 Å². The molecule has 0 saturated carbocycles. The van der Waals surface area contributed by atoms with E-state index in [-0.39, 0.29) is 11.3 Å². The van der Waals surface area contributed by atoms with Gasteiger partial charge < -0.3 is 9.84 Å². The van der Waals surface area contributed by atoms with Crippen molar-refractivity contribution >= 4 is 37.4 Å². The second-order valence-corrected chi connectivity index (χ2v) is 8.93. The number of allylic oxidation sites excluding steroid dienone is 1. The summed E-state index contributed by atoms with van der Waals surface area (Å²) in [5.41, 5.74) is -3.23. The van der Waals surface area contributed by atoms with Gasteiger partial charge in [-0.3, -0.25) is 14.9 Å². The molecule has 0 aromatic heterocycles. The summed E-state index contributed by atoms with van der Waals surface area (Å²) >= 11 is 3.15. The van der Waals surface area contributed by atoms with Crippen LogP contribution < -0.4 is 10.6 Å². The van der Waals surface area contributed by atoms with Gasteiger partial charge >= 0.3 is 11.7 Å². The van der Waals surface area contributed by atoms with E-state index in [0.29, 0.717) is 9.48 Å². The number of nitrogens with zero attached hydrogens (tertiary/aromatic N) is 4. The summed E-state index contributed by atoms with van der Waals surface area (Å²) in [5.74, 6) is 1.98. The van der Waals surface area contributed by atoms with E-state index in [1.807, 2.05) is 6.07 Å². The van der Waals surface area contributed by atoms with E-state index < -0.39 is 49.4 Å². The lowest BCUT2D eigenvalue weighted by atomic mass is 10.0. The van der Waals surface area contributed by atoms with Gasteiger partial charge in [0.25, 0.3) is 5.88 Å². The molecule has 1 aromatic carbocycles. The number of hydrogen-bond acceptors (Lipinski definition) is 10. The standard InChI is InChI=1S/C15H14BrN5O7S/c1-7(14(22)23)11-12(21(24)25)13(20(18)15(19-11)29(2,26)27)28-10-4-8(6-17)3-9(16)5-10/h3-5,7,15H,18H2,1-2H3,(H,22,23). The number of nitrogens with two attached hydrogens (primary N) is 1. The summed E-state index contributed by atoms with van der Waals surface area (Å²) in [4.78, 5) is 25.8. The molecule has 0 fully saturated rings. The van der Waals surface area contributed by atoms with Crippen molar-refractivity contribution in [1.29, 1.82) is 5.26 Å². The van der Waals surface area contributed by atoms with Crippen LogP contribution in [0.2, 0.25) is 0 Å². The highest BCUT2D eigenvalue weighted by Gasteiger charge is 2.45. The van der Waals surface area contributed by atoms with Crippen LogP contribution in [-0.4, -0.2) is 46.9 Å². The normalized spacial score (nSPS) is 18.0. The topological polar surface area (TPSA) is 189 Å². The Labute approximate surface area is 173 Å². The second kappa shape index (κ2) is 8.15. The van der Waals surface area contributed by atoms with Crippen molar-refractivity contribution in [2.24, 2.45) is 16.8 Å². The third kappa shape index (κ3) is 4.70. The van der Waals surface area contributed by atoms with Gasteiger partial charge in [0, 0.05) is 10.7 Å². The zero-order valence-electron chi connectivity index (χ0n) is 14.9. The molecule has 3 N–H and O–H groups in total. The van der Waals surface area contributed by atoms with Gasteiger partial charge in [-0.1, -0.05) is 15.9 Å². The average molecular weight is 488 g/mol. The van der Waals surface area contributed by atoms with Crippen LogP contribution in [0.5, 0.6) is 5.75 Å². The Morgan fingerprint density at radius 3 is 2.62 bits per heavy atom. The second-order valence-electron chi connectivity index (χ2n) is 5.94. The van der Waals surface area contributed by atoms with Crippen molar-refractivity contribution in [2.75, 3.05) is 6.26 Å². The van der Waals surface area contributed by atoms with Gasteiger partial charge in [-0.05, 0) is 25.1 Å². The third-order valence-corrected chi connectivity index (χ3v) is 5.28. The summed E-state index contributed by atoms with van der Waals surface area (Å²) in [6.07, 6.45) is 0.783. The fraction of sp³-hybridized carbons (Fsp3) is 0.267. The molecule has 1 heterocycles. The minimum Gasteiger partial charge on any atom is -0.481 e. The molecule has 0 spiro atoms. The van der Waals surface area contributed by atoms with E-state index in [1.54, 1.807) is 0 Å². The van der Waals surface area contributed by atoms with Gasteiger partial charge in [0.2, 0.25) is 5.50 Å². The molecule has 0 aliphatic carbocycles. The third-order valence-electron chi connectivity index (χ3n) is 3.73. The van der Waals surface area contributed by atoms with E-state index in [0.717, 1.165) is 13.2 Å². The van der Waals surface area contributed by atoms with Crippen LogP contribution in [0.3, 0.4) is 0 Å². The van der Waals surface area contributed by atoms with Crippen molar-refractivity contribution in [3.63, 3.8) is 0 Å². The largest absolute Gasteiger partial charge is 0.481 e. The molecular weight excluding hydrogens is 474 g/mol. The Balaban J connectivity index is 2.74. The number of hydrogen-bond donors (Lipinski definition) is 2. The number of halogens is 1. The zero-order valence-corrected chi connectivity index (χ0v) is 17.3. The minimum atomic E-state index is -4.04. The lowest BCUT2D eigenvalue weighted by Crippen LogP contribution is -2.51. The Morgan fingerprint density at radius 1 is 1.52 bits per heavy atom. The Bertz CT molecular complexity index is 1090. The number of aliphatic carboxylic acids is 1. The minimum absolute atomic E-state index is 0.0720. The summed E-state index contributed by atoms with van der Waals surface area (Å²) in [7, 11) is -4.04. The smallest absolute Gasteiger partial charge is 0.352 e. The lowest BCUT2D eigenvalue weighted by molar-refractivity contribution is -0.420. The molecule has 1 aromatic rings. The predicted octanol–water partition coefficient (Wildman–Crippen LogP) is 0.825. The van der Waals surface area contributed by atoms with Crippen molar-refractivity contribution < 1.29 is 28.0 Å². The first-order valence-electron chi connectivity index (χ1n) is 7.67. The van der Waals surface area contributed by atoms with E-state index in [9.17, 15) is 28.4 Å². The van der Waals surface area contributed by atoms with Gasteiger partial charge in [0.1, 0.15) is 17.4 Å². The first-order valence-corrected chi connectivity index (χ1v) is 10.4. The number of carboxylic acids is 1. The van der Waals surface area contributed by atoms with Crippen molar-refractivity contribution in [3.05, 3.63) is 49.9 Å². The number of nitro groups is 1. The van der Waals surface area contributed by atoms with E-state index in [2.05, 4.69) is 20.9 Å². The molecule has 2 rings (SSSR count). The van der Waals surface area contributed by atoms with Crippen LogP contribution in [0.4, 0.5) is 0 Å². The summed E-state index contributed by atoms with van der Waals surface area (Å²) in [6.45, 7) is 1.11. The fourth-order valence-corrected chi connectivity index (χ4v) is 3.67. The van der Waals surface area contributed by atoms with Crippen LogP contribution in [0.15, 0.2) is 39.2 Å². The molecule has 0 radical (unpaired) electrons. The first-order chi connectivity index (χ1) is 13.4. The number of carboxylic acid groups (broad SMARTS) is 1. The molecular formula is C15H14BrN5O7S. The highest BCUT2D eigenvalue weighted by Crippen LogP contribution is 2.30. The molecule has 29 heavy (non-hydrogen) atoms. The Morgan fingerprint density at radius 2 is 2.14 bits per heavy atom. The van der Waals surface area contributed by atoms with E-state index in [4.69, 9.17) is 15.8 Å². The molecule has 14 heteroatoms. The van der Waals surface area contributed by atoms with E-state index >= 15 is 0 Å². The molecule has 154 valence electrons. The predicted molar refractivity (Wildman–Crippen MR) is 102 cm³/mol. The maximum Gasteiger partial charge on any atom is 0.352 e. The Hall–Kier alpha value is -3.02. The SMILES string of the molecule is CC(C(=O)O)C1=NC(S(C)(=O)=O)N(N)C(Oc2cc(Br)cc(C#N)c2)=C1[N+](=O)[O-]. The van der Waals surface area contributed by atoms with Gasteiger partial charge in [-0.2, -0.15) is 5.26 Å². The molecule has 2 unspecified atom stereocenters. The number of rotatable bonds is 6. The molecule has 0 bridgehead atoms. The number of carbonyl (C=O) groups is 1. The summed E-state index contributed by atoms with van der Waals surface area (Å²) in [6, 6.07) is 5.92. The van der Waals surface area contributed by atoms with Crippen LogP contribution in [0, 0.1) is 27.4 Å². The monoisotopic (exact) mass is 487 g/mol. The van der Waals surface area contributed by atoms with Crippen molar-refractivity contribution in [2.45, 2.75) is 12.4 Å². The van der Waals surface area contributed by atoms with Gasteiger partial charge in [0.15, 0.2) is 9.84 Å². The first kappa shape index (κ1) is 22.3. The highest BCUT2D eigenvalue weighted by atomic mass is 79.9. The maximum atomic E-state index is 12.1. The molecule has 0 amide bonds. The molecule has 0 saturated heterocycles. The number of nitriles is 1. The van der Waals surface area contributed by atoms with Crippen LogP contribution in [-0.2, 0) is 14.6 Å². The summed E-state index contributed by atoms with van der Waals surface area (Å²) < 4.78 is 30.1. The maximum absolute atomic E-state index is 12.1. The molecule has 2 atom stereocenters. The van der Waals surface area contributed by atoms with Crippen molar-refractivity contribution in [3.8, 4) is 11.8 Å². The van der Waals surface area contributed by atoms with Gasteiger partial charge in [-0.15, -0.1) is 0 Å². The fourth-order valence-electron chi connectivity index (χ4n) is 2.38.